The van der Waals surface area contributed by atoms with Crippen LogP contribution in [0.3, 0.4) is 0 Å². The number of methoxy groups -OCH3 is 1. The fourth-order valence-corrected chi connectivity index (χ4v) is 4.17. The van der Waals surface area contributed by atoms with Crippen molar-refractivity contribution in [1.29, 1.82) is 0 Å². The van der Waals surface area contributed by atoms with Crippen LogP contribution >= 0.6 is 0 Å². The third-order valence-corrected chi connectivity index (χ3v) is 5.83. The van der Waals surface area contributed by atoms with E-state index in [2.05, 4.69) is 0 Å². The Labute approximate surface area is 192 Å². The molecule has 2 heterocycles. The highest BCUT2D eigenvalue weighted by atomic mass is 16.5. The quantitative estimate of drug-likeness (QED) is 0.430. The van der Waals surface area contributed by atoms with Crippen LogP contribution in [0.15, 0.2) is 96.2 Å². The van der Waals surface area contributed by atoms with Crippen LogP contribution < -0.4 is 4.74 Å². The maximum absolute atomic E-state index is 12.6. The van der Waals surface area contributed by atoms with Gasteiger partial charge in [0.2, 0.25) is 5.91 Å². The number of para-hydroxylation sites is 1. The first-order valence-electron chi connectivity index (χ1n) is 10.9. The Hall–Kier alpha value is -4.19. The maximum atomic E-state index is 12.6. The molecule has 5 rings (SSSR count). The lowest BCUT2D eigenvalue weighted by molar-refractivity contribution is -0.130. The van der Waals surface area contributed by atoms with Gasteiger partial charge in [0, 0.05) is 30.7 Å². The molecule has 0 radical (unpaired) electrons. The summed E-state index contributed by atoms with van der Waals surface area (Å²) >= 11 is 0. The summed E-state index contributed by atoms with van der Waals surface area (Å²) in [6.45, 7) is 1.55. The van der Waals surface area contributed by atoms with Crippen molar-refractivity contribution in [1.82, 2.24) is 14.8 Å². The lowest BCUT2D eigenvalue weighted by atomic mass is 9.96. The third-order valence-electron chi connectivity index (χ3n) is 5.83. The van der Waals surface area contributed by atoms with Crippen molar-refractivity contribution in [3.05, 3.63) is 102 Å². The van der Waals surface area contributed by atoms with Gasteiger partial charge in [-0.15, -0.1) is 0 Å². The largest absolute Gasteiger partial charge is 0.497 e. The molecule has 1 atom stereocenters. The average molecular weight is 437 g/mol. The maximum Gasteiger partial charge on any atom is 0.240 e. The first kappa shape index (κ1) is 20.7. The van der Waals surface area contributed by atoms with Gasteiger partial charge in [-0.3, -0.25) is 4.79 Å². The van der Waals surface area contributed by atoms with E-state index in [0.29, 0.717) is 6.42 Å². The summed E-state index contributed by atoms with van der Waals surface area (Å²) in [5, 5.41) is 11.2. The molecule has 1 aliphatic heterocycles. The fraction of sp³-hybridized carbons (Fsp3) is 0.148. The molecule has 164 valence electrons. The molecule has 6 nitrogen and oxygen atoms in total. The Morgan fingerprint density at radius 3 is 2.21 bits per heavy atom. The van der Waals surface area contributed by atoms with Crippen LogP contribution in [0.4, 0.5) is 0 Å². The molecule has 0 fully saturated rings. The SMILES string of the molecule is COc1ccc(C2=NN(C(C)=O)[C@H](c3cn(-c4ccccc4)nc3-c3ccccc3)C2)cc1. The van der Waals surface area contributed by atoms with E-state index >= 15 is 0 Å². The van der Waals surface area contributed by atoms with Crippen LogP contribution in [0.25, 0.3) is 16.9 Å². The number of carbonyl (C=O) groups is 1. The molecule has 1 amide bonds. The summed E-state index contributed by atoms with van der Waals surface area (Å²) < 4.78 is 7.15. The van der Waals surface area contributed by atoms with Crippen LogP contribution in [0.1, 0.15) is 30.5 Å². The molecule has 0 bridgehead atoms. The van der Waals surface area contributed by atoms with Gasteiger partial charge in [0.25, 0.3) is 0 Å². The van der Waals surface area contributed by atoms with Crippen LogP contribution in [0, 0.1) is 0 Å². The van der Waals surface area contributed by atoms with Crippen LogP contribution in [-0.4, -0.2) is 33.5 Å². The van der Waals surface area contributed by atoms with E-state index in [9.17, 15) is 4.79 Å². The van der Waals surface area contributed by atoms with Crippen LogP contribution in [0.5, 0.6) is 5.75 Å². The van der Waals surface area contributed by atoms with Crippen molar-refractivity contribution < 1.29 is 9.53 Å². The molecule has 3 aromatic carbocycles. The highest BCUT2D eigenvalue weighted by Crippen LogP contribution is 2.38. The fourth-order valence-electron chi connectivity index (χ4n) is 4.17. The van der Waals surface area contributed by atoms with Crippen molar-refractivity contribution in [3.63, 3.8) is 0 Å². The molecule has 0 N–H and O–H groups in total. The number of hydrogen-bond acceptors (Lipinski definition) is 4. The Morgan fingerprint density at radius 2 is 1.58 bits per heavy atom. The van der Waals surface area contributed by atoms with Crippen molar-refractivity contribution in [3.8, 4) is 22.7 Å². The number of amides is 1. The van der Waals surface area contributed by atoms with E-state index in [4.69, 9.17) is 14.9 Å². The van der Waals surface area contributed by atoms with E-state index < -0.39 is 0 Å². The second-order valence-electron chi connectivity index (χ2n) is 7.94. The lowest BCUT2D eigenvalue weighted by Gasteiger charge is -2.20. The van der Waals surface area contributed by atoms with Gasteiger partial charge in [0.1, 0.15) is 5.75 Å². The Balaban J connectivity index is 1.58. The first-order valence-corrected chi connectivity index (χ1v) is 10.9. The normalized spacial score (nSPS) is 15.4. The van der Waals surface area contributed by atoms with Gasteiger partial charge in [0.15, 0.2) is 0 Å². The number of benzene rings is 3. The molecule has 0 aliphatic carbocycles. The summed E-state index contributed by atoms with van der Waals surface area (Å²) in [4.78, 5) is 12.6. The Bertz CT molecular complexity index is 1300. The summed E-state index contributed by atoms with van der Waals surface area (Å²) in [6, 6.07) is 27.6. The second-order valence-corrected chi connectivity index (χ2v) is 7.94. The number of carbonyl (C=O) groups excluding carboxylic acids is 1. The standard InChI is InChI=1S/C27H24N4O2/c1-19(32)31-26(17-25(28-31)20-13-15-23(33-2)16-14-20)24-18-30(22-11-7-4-8-12-22)29-27(24)21-9-5-3-6-10-21/h3-16,18,26H,17H2,1-2H3/t26-/m0/s1. The summed E-state index contributed by atoms with van der Waals surface area (Å²) in [5.41, 5.74) is 5.62. The van der Waals surface area contributed by atoms with Crippen LogP contribution in [-0.2, 0) is 4.79 Å². The van der Waals surface area contributed by atoms with Gasteiger partial charge in [-0.1, -0.05) is 48.5 Å². The number of hydrogen-bond donors (Lipinski definition) is 0. The summed E-state index contributed by atoms with van der Waals surface area (Å²) in [7, 11) is 1.64. The zero-order chi connectivity index (χ0) is 22.8. The molecule has 1 aromatic heterocycles. The minimum absolute atomic E-state index is 0.102. The molecular formula is C27H24N4O2. The minimum Gasteiger partial charge on any atom is -0.497 e. The lowest BCUT2D eigenvalue weighted by Crippen LogP contribution is -2.24. The molecule has 0 spiro atoms. The zero-order valence-electron chi connectivity index (χ0n) is 18.6. The van der Waals surface area contributed by atoms with Crippen molar-refractivity contribution in [2.75, 3.05) is 7.11 Å². The van der Waals surface area contributed by atoms with Gasteiger partial charge in [-0.2, -0.15) is 10.2 Å². The monoisotopic (exact) mass is 436 g/mol. The molecule has 33 heavy (non-hydrogen) atoms. The smallest absolute Gasteiger partial charge is 0.240 e. The molecule has 1 aliphatic rings. The molecule has 0 saturated heterocycles. The third kappa shape index (κ3) is 4.03. The zero-order valence-corrected chi connectivity index (χ0v) is 18.6. The predicted molar refractivity (Wildman–Crippen MR) is 128 cm³/mol. The van der Waals surface area contributed by atoms with E-state index in [0.717, 1.165) is 39.5 Å². The molecule has 0 unspecified atom stereocenters. The minimum atomic E-state index is -0.243. The van der Waals surface area contributed by atoms with E-state index in [1.165, 1.54) is 0 Å². The van der Waals surface area contributed by atoms with Gasteiger partial charge in [-0.05, 0) is 42.0 Å². The van der Waals surface area contributed by atoms with Crippen molar-refractivity contribution in [2.45, 2.75) is 19.4 Å². The average Bonchev–Trinajstić information content (AvgIpc) is 3.50. The van der Waals surface area contributed by atoms with Gasteiger partial charge in [-0.25, -0.2) is 9.69 Å². The topological polar surface area (TPSA) is 59.7 Å². The first-order chi connectivity index (χ1) is 16.1. The number of hydrazone groups is 1. The van der Waals surface area contributed by atoms with Gasteiger partial charge in [0.05, 0.1) is 30.2 Å². The van der Waals surface area contributed by atoms with Gasteiger partial charge >= 0.3 is 0 Å². The van der Waals surface area contributed by atoms with Crippen molar-refractivity contribution in [2.24, 2.45) is 5.10 Å². The van der Waals surface area contributed by atoms with E-state index in [1.807, 2.05) is 95.8 Å². The van der Waals surface area contributed by atoms with E-state index in [-0.39, 0.29) is 11.9 Å². The molecule has 4 aromatic rings. The summed E-state index contributed by atoms with van der Waals surface area (Å²) in [5.74, 6) is 0.683. The Kier molecular flexibility index (Phi) is 5.48. The highest BCUT2D eigenvalue weighted by molar-refractivity contribution is 6.03. The van der Waals surface area contributed by atoms with Crippen molar-refractivity contribution >= 4 is 11.6 Å². The predicted octanol–water partition coefficient (Wildman–Crippen LogP) is 5.25. The number of aromatic nitrogens is 2. The number of nitrogens with zero attached hydrogens (tertiary/aromatic N) is 4. The molecule has 0 saturated carbocycles. The Morgan fingerprint density at radius 1 is 0.909 bits per heavy atom. The highest BCUT2D eigenvalue weighted by Gasteiger charge is 2.34. The summed E-state index contributed by atoms with van der Waals surface area (Å²) in [6.07, 6.45) is 2.62. The number of rotatable bonds is 5. The van der Waals surface area contributed by atoms with E-state index in [1.54, 1.807) is 19.0 Å². The van der Waals surface area contributed by atoms with Crippen LogP contribution in [0.2, 0.25) is 0 Å². The second kappa shape index (κ2) is 8.74. The number of ether oxygens (including phenoxy) is 1. The molecule has 6 heteroatoms. The van der Waals surface area contributed by atoms with Gasteiger partial charge < -0.3 is 4.74 Å². The molecular weight excluding hydrogens is 412 g/mol.